The van der Waals surface area contributed by atoms with Crippen LogP contribution in [-0.4, -0.2) is 53.8 Å². The van der Waals surface area contributed by atoms with E-state index >= 15 is 0 Å². The highest BCUT2D eigenvalue weighted by Gasteiger charge is 2.38. The maximum atomic E-state index is 11.9. The van der Waals surface area contributed by atoms with E-state index in [0.717, 1.165) is 13.1 Å². The van der Waals surface area contributed by atoms with Crippen molar-refractivity contribution in [1.29, 1.82) is 0 Å². The van der Waals surface area contributed by atoms with Crippen LogP contribution in [0.2, 0.25) is 0 Å². The van der Waals surface area contributed by atoms with Gasteiger partial charge in [0.1, 0.15) is 0 Å². The number of amides is 2. The Balaban J connectivity index is 1.68. The molecule has 0 bridgehead atoms. The number of rotatable bonds is 3. The number of nitrogens with one attached hydrogen (secondary N) is 1. The van der Waals surface area contributed by atoms with Crippen molar-refractivity contribution < 1.29 is 9.59 Å². The third-order valence-electron chi connectivity index (χ3n) is 5.10. The molecule has 2 heterocycles. The fourth-order valence-electron chi connectivity index (χ4n) is 3.46. The largest absolute Gasteiger partial charge is 0.346 e. The SMILES string of the molecule is CC(C)c1ccc([C@H](C)N2CCN3C(=O)C(=O)NC[C@@H]3C2)cc1. The molecule has 23 heavy (non-hydrogen) atoms. The van der Waals surface area contributed by atoms with E-state index in [-0.39, 0.29) is 11.9 Å². The lowest BCUT2D eigenvalue weighted by Crippen LogP contribution is -2.65. The van der Waals surface area contributed by atoms with Crippen LogP contribution in [0.3, 0.4) is 0 Å². The van der Waals surface area contributed by atoms with E-state index in [0.29, 0.717) is 25.0 Å². The summed E-state index contributed by atoms with van der Waals surface area (Å²) in [7, 11) is 0. The van der Waals surface area contributed by atoms with Crippen LogP contribution < -0.4 is 5.32 Å². The van der Waals surface area contributed by atoms with Gasteiger partial charge in [-0.25, -0.2) is 0 Å². The van der Waals surface area contributed by atoms with Gasteiger partial charge >= 0.3 is 11.8 Å². The fourth-order valence-corrected chi connectivity index (χ4v) is 3.46. The molecule has 5 heteroatoms. The molecule has 0 spiro atoms. The maximum Gasteiger partial charge on any atom is 0.312 e. The average molecular weight is 315 g/mol. The Hall–Kier alpha value is -1.88. The Morgan fingerprint density at radius 1 is 1.04 bits per heavy atom. The first-order valence-electron chi connectivity index (χ1n) is 8.40. The molecule has 2 aliphatic rings. The van der Waals surface area contributed by atoms with Gasteiger partial charge in [0.2, 0.25) is 0 Å². The summed E-state index contributed by atoms with van der Waals surface area (Å²) in [6.07, 6.45) is 0. The van der Waals surface area contributed by atoms with Crippen molar-refractivity contribution >= 4 is 11.8 Å². The summed E-state index contributed by atoms with van der Waals surface area (Å²) in [5.41, 5.74) is 2.65. The van der Waals surface area contributed by atoms with E-state index in [1.165, 1.54) is 11.1 Å². The quantitative estimate of drug-likeness (QED) is 0.860. The van der Waals surface area contributed by atoms with E-state index in [1.807, 2.05) is 0 Å². The number of carbonyl (C=O) groups is 2. The third-order valence-corrected chi connectivity index (χ3v) is 5.10. The summed E-state index contributed by atoms with van der Waals surface area (Å²) in [6, 6.07) is 9.23. The molecule has 1 N–H and O–H groups in total. The van der Waals surface area contributed by atoms with E-state index < -0.39 is 5.91 Å². The molecule has 0 saturated carbocycles. The van der Waals surface area contributed by atoms with Crippen molar-refractivity contribution in [2.75, 3.05) is 26.2 Å². The van der Waals surface area contributed by atoms with Gasteiger partial charge in [0.15, 0.2) is 0 Å². The monoisotopic (exact) mass is 315 g/mol. The van der Waals surface area contributed by atoms with Crippen LogP contribution in [0.25, 0.3) is 0 Å². The second-order valence-electron chi connectivity index (χ2n) is 6.85. The Morgan fingerprint density at radius 2 is 1.70 bits per heavy atom. The van der Waals surface area contributed by atoms with Crippen LogP contribution in [0.4, 0.5) is 0 Å². The van der Waals surface area contributed by atoms with Gasteiger partial charge in [-0.1, -0.05) is 38.1 Å². The molecular formula is C18H25N3O2. The topological polar surface area (TPSA) is 52.7 Å². The van der Waals surface area contributed by atoms with Gasteiger partial charge in [0.25, 0.3) is 0 Å². The molecule has 1 aromatic carbocycles. The van der Waals surface area contributed by atoms with Gasteiger partial charge < -0.3 is 10.2 Å². The third kappa shape index (κ3) is 3.11. The Bertz CT molecular complexity index is 597. The van der Waals surface area contributed by atoms with Crippen molar-refractivity contribution in [3.63, 3.8) is 0 Å². The minimum atomic E-state index is -0.466. The summed E-state index contributed by atoms with van der Waals surface area (Å²) in [5.74, 6) is -0.304. The van der Waals surface area contributed by atoms with Gasteiger partial charge in [-0.2, -0.15) is 0 Å². The Morgan fingerprint density at radius 3 is 2.35 bits per heavy atom. The number of hydrogen-bond donors (Lipinski definition) is 1. The first-order valence-corrected chi connectivity index (χ1v) is 8.40. The van der Waals surface area contributed by atoms with Crippen LogP contribution in [0.5, 0.6) is 0 Å². The van der Waals surface area contributed by atoms with Crippen LogP contribution in [0.1, 0.15) is 43.9 Å². The predicted molar refractivity (Wildman–Crippen MR) is 89.0 cm³/mol. The number of carbonyl (C=O) groups excluding carboxylic acids is 2. The second-order valence-corrected chi connectivity index (χ2v) is 6.85. The standard InChI is InChI=1S/C18H25N3O2/c1-12(2)14-4-6-15(7-5-14)13(3)20-8-9-21-16(11-20)10-19-17(22)18(21)23/h4-7,12-13,16H,8-11H2,1-3H3,(H,19,22)/t13-,16+/m0/s1. The molecule has 2 amide bonds. The highest BCUT2D eigenvalue weighted by molar-refractivity contribution is 6.35. The molecule has 0 aromatic heterocycles. The molecule has 124 valence electrons. The molecule has 3 rings (SSSR count). The maximum absolute atomic E-state index is 11.9. The minimum absolute atomic E-state index is 0.0892. The summed E-state index contributed by atoms with van der Waals surface area (Å²) < 4.78 is 0. The zero-order valence-corrected chi connectivity index (χ0v) is 14.1. The van der Waals surface area contributed by atoms with Crippen molar-refractivity contribution in [2.45, 2.75) is 38.8 Å². The molecule has 5 nitrogen and oxygen atoms in total. The van der Waals surface area contributed by atoms with Gasteiger partial charge in [-0.05, 0) is 24.0 Å². The fraction of sp³-hybridized carbons (Fsp3) is 0.556. The zero-order valence-electron chi connectivity index (χ0n) is 14.1. The van der Waals surface area contributed by atoms with Crippen LogP contribution in [-0.2, 0) is 9.59 Å². The summed E-state index contributed by atoms with van der Waals surface area (Å²) in [6.45, 7) is 9.41. The molecule has 0 aliphatic carbocycles. The molecule has 2 aliphatic heterocycles. The van der Waals surface area contributed by atoms with Crippen molar-refractivity contribution in [1.82, 2.24) is 15.1 Å². The van der Waals surface area contributed by atoms with E-state index in [2.05, 4.69) is 55.3 Å². The number of fused-ring (bicyclic) bond motifs is 1. The number of benzene rings is 1. The van der Waals surface area contributed by atoms with Gasteiger partial charge in [0, 0.05) is 32.2 Å². The molecule has 2 fully saturated rings. The molecule has 2 saturated heterocycles. The summed E-state index contributed by atoms with van der Waals surface area (Å²) >= 11 is 0. The molecule has 1 aromatic rings. The van der Waals surface area contributed by atoms with Crippen LogP contribution >= 0.6 is 0 Å². The first kappa shape index (κ1) is 16.0. The lowest BCUT2D eigenvalue weighted by atomic mass is 9.98. The number of hydrogen-bond acceptors (Lipinski definition) is 3. The number of piperazine rings is 2. The van der Waals surface area contributed by atoms with E-state index in [4.69, 9.17) is 0 Å². The van der Waals surface area contributed by atoms with Gasteiger partial charge in [-0.3, -0.25) is 14.5 Å². The van der Waals surface area contributed by atoms with Crippen molar-refractivity contribution in [2.24, 2.45) is 0 Å². The van der Waals surface area contributed by atoms with E-state index in [9.17, 15) is 9.59 Å². The number of nitrogens with zero attached hydrogens (tertiary/aromatic N) is 2. The van der Waals surface area contributed by atoms with Crippen LogP contribution in [0, 0.1) is 0 Å². The predicted octanol–water partition coefficient (Wildman–Crippen LogP) is 1.51. The Kier molecular flexibility index (Phi) is 4.39. The zero-order chi connectivity index (χ0) is 16.6. The van der Waals surface area contributed by atoms with Crippen molar-refractivity contribution in [3.05, 3.63) is 35.4 Å². The Labute approximate surface area is 137 Å². The average Bonchev–Trinajstić information content (AvgIpc) is 2.57. The summed E-state index contributed by atoms with van der Waals surface area (Å²) in [4.78, 5) is 27.5. The highest BCUT2D eigenvalue weighted by Crippen LogP contribution is 2.26. The molecular weight excluding hydrogens is 290 g/mol. The van der Waals surface area contributed by atoms with Gasteiger partial charge in [0.05, 0.1) is 6.04 Å². The van der Waals surface area contributed by atoms with Crippen LogP contribution in [0.15, 0.2) is 24.3 Å². The van der Waals surface area contributed by atoms with Crippen molar-refractivity contribution in [3.8, 4) is 0 Å². The minimum Gasteiger partial charge on any atom is -0.346 e. The van der Waals surface area contributed by atoms with E-state index in [1.54, 1.807) is 4.90 Å². The highest BCUT2D eigenvalue weighted by atomic mass is 16.2. The first-order chi connectivity index (χ1) is 11.0. The van der Waals surface area contributed by atoms with Gasteiger partial charge in [-0.15, -0.1) is 0 Å². The lowest BCUT2D eigenvalue weighted by Gasteiger charge is -2.45. The lowest BCUT2D eigenvalue weighted by molar-refractivity contribution is -0.153. The molecule has 2 atom stereocenters. The molecule has 0 unspecified atom stereocenters. The summed E-state index contributed by atoms with van der Waals surface area (Å²) in [5, 5.41) is 2.69. The second kappa shape index (κ2) is 6.32. The molecule has 0 radical (unpaired) electrons. The normalized spacial score (nSPS) is 23.7. The smallest absolute Gasteiger partial charge is 0.312 e.